The molecule has 1 amide bonds. The normalized spacial score (nSPS) is 9.93. The fourth-order valence-electron chi connectivity index (χ4n) is 1.17. The maximum atomic E-state index is 11.8. The van der Waals surface area contributed by atoms with Crippen LogP contribution in [-0.2, 0) is 0 Å². The number of halogens is 2. The molecule has 0 aromatic heterocycles. The largest absolute Gasteiger partial charge is 0.349 e. The summed E-state index contributed by atoms with van der Waals surface area (Å²) < 4.78 is 12.6. The van der Waals surface area contributed by atoms with Gasteiger partial charge in [-0.05, 0) is 34.5 Å². The van der Waals surface area contributed by atoms with Crippen molar-refractivity contribution >= 4 is 21.8 Å². The number of carbonyl (C=O) groups is 1. The molecule has 0 fully saturated rings. The van der Waals surface area contributed by atoms with E-state index < -0.39 is 6.67 Å². The molecular weight excluding hydrogens is 249 g/mol. The number of hydrogen-bond acceptors (Lipinski definition) is 1. The van der Waals surface area contributed by atoms with Gasteiger partial charge in [-0.15, -0.1) is 0 Å². The Bertz CT molecular complexity index is 321. The Labute approximate surface area is 90.6 Å². The zero-order chi connectivity index (χ0) is 10.6. The third kappa shape index (κ3) is 2.54. The average molecular weight is 260 g/mol. The number of alkyl halides is 1. The standard InChI is InChI=1S/C10H11BrFNO/c1-7-3-2-4-8(11)9(7)10(14)13-6-5-12/h2-4H,5-6H2,1H3,(H,13,14). The van der Waals surface area contributed by atoms with Gasteiger partial charge in [0, 0.05) is 11.0 Å². The van der Waals surface area contributed by atoms with Crippen LogP contribution in [-0.4, -0.2) is 19.1 Å². The van der Waals surface area contributed by atoms with Crippen molar-refractivity contribution in [1.29, 1.82) is 0 Å². The molecule has 0 bridgehead atoms. The van der Waals surface area contributed by atoms with Crippen molar-refractivity contribution in [2.45, 2.75) is 6.92 Å². The molecule has 14 heavy (non-hydrogen) atoms. The van der Waals surface area contributed by atoms with E-state index >= 15 is 0 Å². The molecule has 0 radical (unpaired) electrons. The summed E-state index contributed by atoms with van der Waals surface area (Å²) in [6, 6.07) is 5.48. The summed E-state index contributed by atoms with van der Waals surface area (Å²) in [7, 11) is 0. The highest BCUT2D eigenvalue weighted by Gasteiger charge is 2.11. The zero-order valence-electron chi connectivity index (χ0n) is 7.81. The summed E-state index contributed by atoms with van der Waals surface area (Å²) in [5.74, 6) is -0.243. The first-order valence-electron chi connectivity index (χ1n) is 4.26. The van der Waals surface area contributed by atoms with Crippen LogP contribution in [0.25, 0.3) is 0 Å². The van der Waals surface area contributed by atoms with Gasteiger partial charge in [-0.1, -0.05) is 12.1 Å². The lowest BCUT2D eigenvalue weighted by molar-refractivity contribution is 0.0949. The SMILES string of the molecule is Cc1cccc(Br)c1C(=O)NCCF. The minimum Gasteiger partial charge on any atom is -0.349 e. The molecule has 1 aromatic rings. The van der Waals surface area contributed by atoms with Crippen molar-refractivity contribution in [1.82, 2.24) is 5.32 Å². The van der Waals surface area contributed by atoms with Gasteiger partial charge in [0.05, 0.1) is 5.56 Å². The minimum absolute atomic E-state index is 0.0552. The molecule has 1 aromatic carbocycles. The van der Waals surface area contributed by atoms with E-state index in [0.29, 0.717) is 5.56 Å². The number of aryl methyl sites for hydroxylation is 1. The summed E-state index contributed by atoms with van der Waals surface area (Å²) in [6.07, 6.45) is 0. The highest BCUT2D eigenvalue weighted by atomic mass is 79.9. The fourth-order valence-corrected chi connectivity index (χ4v) is 1.81. The van der Waals surface area contributed by atoms with Gasteiger partial charge >= 0.3 is 0 Å². The first-order chi connectivity index (χ1) is 6.66. The molecule has 1 N–H and O–H groups in total. The van der Waals surface area contributed by atoms with Gasteiger partial charge in [-0.2, -0.15) is 0 Å². The maximum absolute atomic E-state index is 11.8. The van der Waals surface area contributed by atoms with Crippen molar-refractivity contribution < 1.29 is 9.18 Å². The second-order valence-electron chi connectivity index (χ2n) is 2.88. The molecule has 0 saturated heterocycles. The molecule has 0 aliphatic rings. The van der Waals surface area contributed by atoms with Crippen molar-refractivity contribution in [3.8, 4) is 0 Å². The third-order valence-electron chi connectivity index (χ3n) is 1.83. The Kier molecular flexibility index (Phi) is 4.07. The minimum atomic E-state index is -0.546. The summed E-state index contributed by atoms with van der Waals surface area (Å²) in [4.78, 5) is 11.5. The first kappa shape index (κ1) is 11.2. The van der Waals surface area contributed by atoms with Gasteiger partial charge in [-0.25, -0.2) is 4.39 Å². The lowest BCUT2D eigenvalue weighted by Gasteiger charge is -2.07. The van der Waals surface area contributed by atoms with Crippen LogP contribution in [0.15, 0.2) is 22.7 Å². The highest BCUT2D eigenvalue weighted by Crippen LogP contribution is 2.19. The monoisotopic (exact) mass is 259 g/mol. The average Bonchev–Trinajstić information content (AvgIpc) is 2.14. The number of carbonyl (C=O) groups excluding carboxylic acids is 1. The second kappa shape index (κ2) is 5.10. The van der Waals surface area contributed by atoms with E-state index in [1.54, 1.807) is 6.07 Å². The fraction of sp³-hybridized carbons (Fsp3) is 0.300. The highest BCUT2D eigenvalue weighted by molar-refractivity contribution is 9.10. The number of hydrogen-bond donors (Lipinski definition) is 1. The van der Waals surface area contributed by atoms with Crippen LogP contribution in [0.1, 0.15) is 15.9 Å². The molecular formula is C10H11BrFNO. The van der Waals surface area contributed by atoms with Crippen LogP contribution < -0.4 is 5.32 Å². The van der Waals surface area contributed by atoms with Crippen LogP contribution in [0.4, 0.5) is 4.39 Å². The number of rotatable bonds is 3. The van der Waals surface area contributed by atoms with E-state index in [2.05, 4.69) is 21.2 Å². The first-order valence-corrected chi connectivity index (χ1v) is 5.05. The molecule has 0 aliphatic carbocycles. The Hall–Kier alpha value is -0.900. The van der Waals surface area contributed by atoms with Crippen LogP contribution >= 0.6 is 15.9 Å². The zero-order valence-corrected chi connectivity index (χ0v) is 9.40. The van der Waals surface area contributed by atoms with Crippen molar-refractivity contribution in [2.75, 3.05) is 13.2 Å². The summed E-state index contributed by atoms with van der Waals surface area (Å²) in [5, 5.41) is 2.49. The smallest absolute Gasteiger partial charge is 0.252 e. The molecule has 0 spiro atoms. The van der Waals surface area contributed by atoms with Gasteiger partial charge in [0.1, 0.15) is 6.67 Å². The van der Waals surface area contributed by atoms with Gasteiger partial charge in [0.2, 0.25) is 0 Å². The van der Waals surface area contributed by atoms with Gasteiger partial charge in [-0.3, -0.25) is 4.79 Å². The Morgan fingerprint density at radius 1 is 1.57 bits per heavy atom. The number of amides is 1. The van der Waals surface area contributed by atoms with E-state index in [1.165, 1.54) is 0 Å². The topological polar surface area (TPSA) is 29.1 Å². The van der Waals surface area contributed by atoms with Crippen molar-refractivity contribution in [3.05, 3.63) is 33.8 Å². The maximum Gasteiger partial charge on any atom is 0.252 e. The van der Waals surface area contributed by atoms with Crippen LogP contribution in [0.5, 0.6) is 0 Å². The van der Waals surface area contributed by atoms with Crippen LogP contribution in [0.3, 0.4) is 0 Å². The Balaban J connectivity index is 2.89. The van der Waals surface area contributed by atoms with Crippen LogP contribution in [0.2, 0.25) is 0 Å². The lowest BCUT2D eigenvalue weighted by Crippen LogP contribution is -2.26. The summed E-state index contributed by atoms with van der Waals surface area (Å²) in [5.41, 5.74) is 1.44. The van der Waals surface area contributed by atoms with E-state index in [0.717, 1.165) is 10.0 Å². The van der Waals surface area contributed by atoms with Gasteiger partial charge in [0.15, 0.2) is 0 Å². The molecule has 0 heterocycles. The van der Waals surface area contributed by atoms with E-state index in [-0.39, 0.29) is 12.5 Å². The van der Waals surface area contributed by atoms with E-state index in [4.69, 9.17) is 0 Å². The predicted octanol–water partition coefficient (Wildman–Crippen LogP) is 2.46. The lowest BCUT2D eigenvalue weighted by atomic mass is 10.1. The van der Waals surface area contributed by atoms with E-state index in [9.17, 15) is 9.18 Å². The molecule has 0 saturated carbocycles. The number of nitrogens with one attached hydrogen (secondary N) is 1. The summed E-state index contributed by atoms with van der Waals surface area (Å²) >= 11 is 3.29. The van der Waals surface area contributed by atoms with Gasteiger partial charge in [0.25, 0.3) is 5.91 Å². The third-order valence-corrected chi connectivity index (χ3v) is 2.49. The molecule has 0 atom stereocenters. The van der Waals surface area contributed by atoms with Gasteiger partial charge < -0.3 is 5.32 Å². The predicted molar refractivity (Wildman–Crippen MR) is 57.2 cm³/mol. The van der Waals surface area contributed by atoms with Crippen molar-refractivity contribution in [3.63, 3.8) is 0 Å². The Morgan fingerprint density at radius 2 is 2.29 bits per heavy atom. The molecule has 2 nitrogen and oxygen atoms in total. The molecule has 1 rings (SSSR count). The van der Waals surface area contributed by atoms with Crippen LogP contribution in [0, 0.1) is 6.92 Å². The van der Waals surface area contributed by atoms with Crippen molar-refractivity contribution in [2.24, 2.45) is 0 Å². The second-order valence-corrected chi connectivity index (χ2v) is 3.73. The molecule has 4 heteroatoms. The molecule has 0 unspecified atom stereocenters. The van der Waals surface area contributed by atoms with E-state index in [1.807, 2.05) is 19.1 Å². The number of benzene rings is 1. The quantitative estimate of drug-likeness (QED) is 0.888. The molecule has 0 aliphatic heterocycles. The Morgan fingerprint density at radius 3 is 2.86 bits per heavy atom. The molecule has 76 valence electrons. The summed E-state index contributed by atoms with van der Waals surface area (Å²) in [6.45, 7) is 1.35.